The van der Waals surface area contributed by atoms with Crippen molar-refractivity contribution in [2.24, 2.45) is 0 Å². The lowest BCUT2D eigenvalue weighted by atomic mass is 9.79. The summed E-state index contributed by atoms with van der Waals surface area (Å²) in [5.41, 5.74) is -1.11. The molecule has 3 nitrogen and oxygen atoms in total. The summed E-state index contributed by atoms with van der Waals surface area (Å²) in [6, 6.07) is 5.38. The topological polar surface area (TPSA) is 41.5 Å². The van der Waals surface area contributed by atoms with Crippen molar-refractivity contribution < 1.29 is 23.0 Å². The van der Waals surface area contributed by atoms with Gasteiger partial charge in [0.2, 0.25) is 0 Å². The Morgan fingerprint density at radius 1 is 1.24 bits per heavy atom. The van der Waals surface area contributed by atoms with Gasteiger partial charge in [-0.1, -0.05) is 18.2 Å². The number of aliphatic hydroxyl groups is 1. The molecule has 1 aromatic carbocycles. The molecule has 2 unspecified atom stereocenters. The van der Waals surface area contributed by atoms with Crippen LogP contribution in [0.15, 0.2) is 24.3 Å². The Labute approximate surface area is 121 Å². The molecule has 2 heterocycles. The number of piperidine rings is 1. The molecule has 2 N–H and O–H groups in total. The van der Waals surface area contributed by atoms with Crippen LogP contribution in [-0.4, -0.2) is 36.0 Å². The van der Waals surface area contributed by atoms with Gasteiger partial charge in [-0.15, -0.1) is 0 Å². The molecule has 2 aliphatic rings. The van der Waals surface area contributed by atoms with Crippen LogP contribution in [-0.2, 0) is 17.3 Å². The van der Waals surface area contributed by atoms with Gasteiger partial charge in [0.25, 0.3) is 0 Å². The quantitative estimate of drug-likeness (QED) is 0.879. The predicted molar refractivity (Wildman–Crippen MR) is 70.9 cm³/mol. The van der Waals surface area contributed by atoms with E-state index in [1.54, 1.807) is 6.07 Å². The van der Waals surface area contributed by atoms with Gasteiger partial charge in [0, 0.05) is 18.5 Å². The molecule has 0 radical (unpaired) electrons. The fourth-order valence-corrected chi connectivity index (χ4v) is 3.40. The van der Waals surface area contributed by atoms with Crippen LogP contribution in [0.5, 0.6) is 0 Å². The number of nitrogens with one attached hydrogen (secondary N) is 1. The Morgan fingerprint density at radius 2 is 1.90 bits per heavy atom. The number of morpholine rings is 1. The van der Waals surface area contributed by atoms with Crippen molar-refractivity contribution in [2.75, 3.05) is 13.2 Å². The third-order valence-corrected chi connectivity index (χ3v) is 4.15. The van der Waals surface area contributed by atoms with Gasteiger partial charge in [-0.05, 0) is 24.5 Å². The number of fused-ring (bicyclic) bond motifs is 2. The average molecular weight is 301 g/mol. The van der Waals surface area contributed by atoms with Crippen LogP contribution in [0, 0.1) is 0 Å². The van der Waals surface area contributed by atoms with Gasteiger partial charge in [-0.3, -0.25) is 0 Å². The third-order valence-electron chi connectivity index (χ3n) is 4.15. The molecule has 2 fully saturated rings. The van der Waals surface area contributed by atoms with Crippen molar-refractivity contribution in [1.29, 1.82) is 0 Å². The highest BCUT2D eigenvalue weighted by Gasteiger charge is 2.41. The largest absolute Gasteiger partial charge is 0.416 e. The maximum atomic E-state index is 12.7. The van der Waals surface area contributed by atoms with E-state index in [1.165, 1.54) is 6.07 Å². The van der Waals surface area contributed by atoms with Crippen molar-refractivity contribution in [3.63, 3.8) is 0 Å². The Hall–Kier alpha value is -1.11. The molecule has 0 saturated carbocycles. The number of hydrogen-bond donors (Lipinski definition) is 2. The van der Waals surface area contributed by atoms with Crippen LogP contribution in [0.1, 0.15) is 24.0 Å². The molecule has 2 saturated heterocycles. The summed E-state index contributed by atoms with van der Waals surface area (Å²) in [5, 5.41) is 14.1. The first kappa shape index (κ1) is 14.8. The number of halogens is 3. The molecule has 3 rings (SSSR count). The number of alkyl halides is 3. The summed E-state index contributed by atoms with van der Waals surface area (Å²) in [4.78, 5) is 0. The van der Waals surface area contributed by atoms with Crippen molar-refractivity contribution in [3.8, 4) is 0 Å². The first-order valence-corrected chi connectivity index (χ1v) is 7.06. The Bertz CT molecular complexity index is 506. The van der Waals surface area contributed by atoms with Crippen LogP contribution >= 0.6 is 0 Å². The molecule has 0 amide bonds. The Balaban J connectivity index is 1.76. The van der Waals surface area contributed by atoms with Gasteiger partial charge in [0.15, 0.2) is 0 Å². The van der Waals surface area contributed by atoms with Crippen molar-refractivity contribution >= 4 is 0 Å². The van der Waals surface area contributed by atoms with Crippen LogP contribution in [0.2, 0.25) is 0 Å². The molecule has 6 heteroatoms. The molecule has 0 spiro atoms. The lowest BCUT2D eigenvalue weighted by Crippen LogP contribution is -2.60. The minimum atomic E-state index is -4.35. The zero-order valence-corrected chi connectivity index (χ0v) is 11.5. The van der Waals surface area contributed by atoms with Gasteiger partial charge in [0.1, 0.15) is 0 Å². The first-order valence-electron chi connectivity index (χ1n) is 7.06. The summed E-state index contributed by atoms with van der Waals surface area (Å²) in [5.74, 6) is 0. The smallest absolute Gasteiger partial charge is 0.389 e. The summed E-state index contributed by atoms with van der Waals surface area (Å²) in [6.45, 7) is 1.09. The van der Waals surface area contributed by atoms with Crippen LogP contribution in [0.4, 0.5) is 13.2 Å². The third kappa shape index (κ3) is 3.39. The zero-order chi connectivity index (χ0) is 15.1. The molecular formula is C15H18F3NO2. The van der Waals surface area contributed by atoms with Crippen molar-refractivity contribution in [3.05, 3.63) is 35.4 Å². The average Bonchev–Trinajstić information content (AvgIpc) is 2.36. The SMILES string of the molecule is OC1(Cc2cccc(C(F)(F)F)c2)CC2COCC(C1)N2. The van der Waals surface area contributed by atoms with Gasteiger partial charge in [-0.2, -0.15) is 13.2 Å². The number of rotatable bonds is 2. The van der Waals surface area contributed by atoms with E-state index in [2.05, 4.69) is 5.32 Å². The second-order valence-corrected chi connectivity index (χ2v) is 6.11. The van der Waals surface area contributed by atoms with E-state index >= 15 is 0 Å². The second kappa shape index (κ2) is 5.26. The summed E-state index contributed by atoms with van der Waals surface area (Å²) >= 11 is 0. The number of ether oxygens (including phenoxy) is 1. The highest BCUT2D eigenvalue weighted by atomic mass is 19.4. The zero-order valence-electron chi connectivity index (χ0n) is 11.5. The highest BCUT2D eigenvalue weighted by molar-refractivity contribution is 5.27. The van der Waals surface area contributed by atoms with Gasteiger partial charge in [0.05, 0.1) is 24.4 Å². The fraction of sp³-hybridized carbons (Fsp3) is 0.600. The van der Waals surface area contributed by atoms with E-state index in [0.717, 1.165) is 12.1 Å². The lowest BCUT2D eigenvalue weighted by Gasteiger charge is -2.45. The molecule has 2 aliphatic heterocycles. The predicted octanol–water partition coefficient (Wildman–Crippen LogP) is 2.13. The van der Waals surface area contributed by atoms with Gasteiger partial charge in [-0.25, -0.2) is 0 Å². The second-order valence-electron chi connectivity index (χ2n) is 6.11. The fourth-order valence-electron chi connectivity index (χ4n) is 3.40. The highest BCUT2D eigenvalue weighted by Crippen LogP contribution is 2.33. The molecular weight excluding hydrogens is 283 g/mol. The summed E-state index contributed by atoms with van der Waals surface area (Å²) in [6.07, 6.45) is -3.11. The minimum absolute atomic E-state index is 0.0771. The standard InChI is InChI=1S/C15H18F3NO2/c16-15(17,18)11-3-1-2-10(4-11)5-14(20)6-12-8-21-9-13(7-14)19-12/h1-4,12-13,19-20H,5-9H2. The van der Waals surface area contributed by atoms with E-state index in [4.69, 9.17) is 4.74 Å². The molecule has 1 aromatic rings. The van der Waals surface area contributed by atoms with Gasteiger partial charge >= 0.3 is 6.18 Å². The van der Waals surface area contributed by atoms with Crippen molar-refractivity contribution in [2.45, 2.75) is 43.1 Å². The van der Waals surface area contributed by atoms with E-state index < -0.39 is 17.3 Å². The number of benzene rings is 1. The minimum Gasteiger partial charge on any atom is -0.389 e. The summed E-state index contributed by atoms with van der Waals surface area (Å²) in [7, 11) is 0. The normalized spacial score (nSPS) is 33.0. The molecule has 21 heavy (non-hydrogen) atoms. The monoisotopic (exact) mass is 301 g/mol. The molecule has 116 valence electrons. The van der Waals surface area contributed by atoms with Crippen LogP contribution in [0.25, 0.3) is 0 Å². The molecule has 0 aromatic heterocycles. The summed E-state index contributed by atoms with van der Waals surface area (Å²) < 4.78 is 43.6. The van der Waals surface area contributed by atoms with Crippen LogP contribution in [0.3, 0.4) is 0 Å². The Morgan fingerprint density at radius 3 is 2.52 bits per heavy atom. The maximum Gasteiger partial charge on any atom is 0.416 e. The molecule has 0 aliphatic carbocycles. The van der Waals surface area contributed by atoms with Crippen molar-refractivity contribution in [1.82, 2.24) is 5.32 Å². The molecule has 2 bridgehead atoms. The van der Waals surface area contributed by atoms with E-state index in [0.29, 0.717) is 31.6 Å². The molecule has 2 atom stereocenters. The van der Waals surface area contributed by atoms with E-state index in [-0.39, 0.29) is 18.5 Å². The van der Waals surface area contributed by atoms with E-state index in [9.17, 15) is 18.3 Å². The Kier molecular flexibility index (Phi) is 3.71. The lowest BCUT2D eigenvalue weighted by molar-refractivity contribution is -0.137. The van der Waals surface area contributed by atoms with E-state index in [1.807, 2.05) is 0 Å². The first-order chi connectivity index (χ1) is 9.84. The number of hydrogen-bond acceptors (Lipinski definition) is 3. The van der Waals surface area contributed by atoms with Gasteiger partial charge < -0.3 is 15.2 Å². The van der Waals surface area contributed by atoms with Crippen LogP contribution < -0.4 is 5.32 Å². The maximum absolute atomic E-state index is 12.7.